The van der Waals surface area contributed by atoms with E-state index >= 15 is 0 Å². The molecule has 0 radical (unpaired) electrons. The molecule has 0 aliphatic rings. The molecule has 0 aromatic heterocycles. The standard InChI is InChI=1S/C8H14N2O3/c1-3-5-9-8(12)10-6-4-7(11)13-2/h3H,1,4-6H2,2H3,(H2,9,10,12). The van der Waals surface area contributed by atoms with Gasteiger partial charge in [-0.25, -0.2) is 4.79 Å². The summed E-state index contributed by atoms with van der Waals surface area (Å²) in [6.45, 7) is 4.12. The second kappa shape index (κ2) is 7.15. The summed E-state index contributed by atoms with van der Waals surface area (Å²) in [5.74, 6) is -0.343. The third-order valence-electron chi connectivity index (χ3n) is 1.25. The first kappa shape index (κ1) is 11.5. The highest BCUT2D eigenvalue weighted by Gasteiger charge is 2.01. The van der Waals surface area contributed by atoms with Gasteiger partial charge in [0.05, 0.1) is 13.5 Å². The normalized spacial score (nSPS) is 8.69. The summed E-state index contributed by atoms with van der Waals surface area (Å²) in [6, 6.07) is -0.316. The largest absolute Gasteiger partial charge is 0.469 e. The molecular formula is C8H14N2O3. The number of ether oxygens (including phenoxy) is 1. The summed E-state index contributed by atoms with van der Waals surface area (Å²) >= 11 is 0. The molecule has 2 amide bonds. The van der Waals surface area contributed by atoms with Crippen molar-refractivity contribution in [3.05, 3.63) is 12.7 Å². The van der Waals surface area contributed by atoms with Crippen LogP contribution in [0.4, 0.5) is 4.79 Å². The molecule has 5 nitrogen and oxygen atoms in total. The van der Waals surface area contributed by atoms with Crippen molar-refractivity contribution < 1.29 is 14.3 Å². The number of nitrogens with one attached hydrogen (secondary N) is 2. The molecule has 0 unspecified atom stereocenters. The minimum absolute atomic E-state index is 0.179. The minimum Gasteiger partial charge on any atom is -0.469 e. The van der Waals surface area contributed by atoms with Crippen LogP contribution in [0.15, 0.2) is 12.7 Å². The summed E-state index contributed by atoms with van der Waals surface area (Å²) < 4.78 is 4.39. The lowest BCUT2D eigenvalue weighted by atomic mass is 10.4. The van der Waals surface area contributed by atoms with Crippen LogP contribution in [0, 0.1) is 0 Å². The van der Waals surface area contributed by atoms with Gasteiger partial charge in [0.1, 0.15) is 0 Å². The monoisotopic (exact) mass is 186 g/mol. The van der Waals surface area contributed by atoms with Crippen LogP contribution >= 0.6 is 0 Å². The van der Waals surface area contributed by atoms with E-state index in [0.717, 1.165) is 0 Å². The van der Waals surface area contributed by atoms with E-state index in [1.807, 2.05) is 0 Å². The van der Waals surface area contributed by atoms with E-state index in [2.05, 4.69) is 21.9 Å². The Kier molecular flexibility index (Phi) is 6.31. The van der Waals surface area contributed by atoms with E-state index in [4.69, 9.17) is 0 Å². The Bertz CT molecular complexity index is 192. The first-order valence-corrected chi connectivity index (χ1v) is 3.90. The molecule has 5 heteroatoms. The SMILES string of the molecule is C=CCNC(=O)NCCC(=O)OC. The Morgan fingerprint density at radius 3 is 2.69 bits per heavy atom. The predicted molar refractivity (Wildman–Crippen MR) is 48.2 cm³/mol. The number of carbonyl (C=O) groups excluding carboxylic acids is 2. The third kappa shape index (κ3) is 6.86. The highest BCUT2D eigenvalue weighted by molar-refractivity contribution is 5.75. The van der Waals surface area contributed by atoms with Gasteiger partial charge in [-0.3, -0.25) is 4.79 Å². The predicted octanol–water partition coefficient (Wildman–Crippen LogP) is 0.0347. The summed E-state index contributed by atoms with van der Waals surface area (Å²) in [6.07, 6.45) is 1.75. The molecule has 2 N–H and O–H groups in total. The Morgan fingerprint density at radius 1 is 1.46 bits per heavy atom. The number of carbonyl (C=O) groups is 2. The second-order valence-electron chi connectivity index (χ2n) is 2.25. The first-order chi connectivity index (χ1) is 6.20. The average molecular weight is 186 g/mol. The van der Waals surface area contributed by atoms with Crippen LogP contribution < -0.4 is 10.6 Å². The molecule has 0 saturated carbocycles. The van der Waals surface area contributed by atoms with Gasteiger partial charge in [-0.15, -0.1) is 6.58 Å². The molecule has 0 heterocycles. The topological polar surface area (TPSA) is 67.4 Å². The molecule has 0 aliphatic heterocycles. The van der Waals surface area contributed by atoms with Gasteiger partial charge in [0, 0.05) is 13.1 Å². The second-order valence-corrected chi connectivity index (χ2v) is 2.25. The fourth-order valence-electron chi connectivity index (χ4n) is 0.608. The molecule has 74 valence electrons. The maximum atomic E-state index is 10.8. The maximum Gasteiger partial charge on any atom is 0.315 e. The zero-order valence-electron chi connectivity index (χ0n) is 7.63. The van der Waals surface area contributed by atoms with Crippen molar-refractivity contribution in [3.8, 4) is 0 Å². The third-order valence-corrected chi connectivity index (χ3v) is 1.25. The fraction of sp³-hybridized carbons (Fsp3) is 0.500. The first-order valence-electron chi connectivity index (χ1n) is 3.90. The van der Waals surface area contributed by atoms with Crippen molar-refractivity contribution >= 4 is 12.0 Å². The Labute approximate surface area is 77.1 Å². The highest BCUT2D eigenvalue weighted by atomic mass is 16.5. The van der Waals surface area contributed by atoms with Crippen LogP contribution in [0.3, 0.4) is 0 Å². The molecule has 13 heavy (non-hydrogen) atoms. The molecular weight excluding hydrogens is 172 g/mol. The van der Waals surface area contributed by atoms with Crippen molar-refractivity contribution in [2.45, 2.75) is 6.42 Å². The van der Waals surface area contributed by atoms with Gasteiger partial charge >= 0.3 is 12.0 Å². The van der Waals surface area contributed by atoms with Gasteiger partial charge in [0.25, 0.3) is 0 Å². The zero-order valence-corrected chi connectivity index (χ0v) is 7.63. The van der Waals surface area contributed by atoms with Crippen LogP contribution in [-0.4, -0.2) is 32.2 Å². The zero-order chi connectivity index (χ0) is 10.1. The number of urea groups is 1. The van der Waals surface area contributed by atoms with Crippen molar-refractivity contribution in [2.75, 3.05) is 20.2 Å². The molecule has 0 aromatic carbocycles. The van der Waals surface area contributed by atoms with Crippen molar-refractivity contribution in [2.24, 2.45) is 0 Å². The van der Waals surface area contributed by atoms with E-state index in [1.54, 1.807) is 6.08 Å². The average Bonchev–Trinajstić information content (AvgIpc) is 2.14. The van der Waals surface area contributed by atoms with Crippen LogP contribution in [0.5, 0.6) is 0 Å². The van der Waals surface area contributed by atoms with Gasteiger partial charge in [0.15, 0.2) is 0 Å². The van der Waals surface area contributed by atoms with E-state index in [-0.39, 0.29) is 25.0 Å². The maximum absolute atomic E-state index is 10.8. The van der Waals surface area contributed by atoms with Gasteiger partial charge in [0.2, 0.25) is 0 Å². The summed E-state index contributed by atoms with van der Waals surface area (Å²) in [5.41, 5.74) is 0. The lowest BCUT2D eigenvalue weighted by molar-refractivity contribution is -0.140. The summed E-state index contributed by atoms with van der Waals surface area (Å²) in [5, 5.41) is 4.99. The van der Waals surface area contributed by atoms with E-state index < -0.39 is 0 Å². The van der Waals surface area contributed by atoms with Gasteiger partial charge < -0.3 is 15.4 Å². The number of methoxy groups -OCH3 is 1. The smallest absolute Gasteiger partial charge is 0.315 e. The lowest BCUT2D eigenvalue weighted by Gasteiger charge is -2.04. The Hall–Kier alpha value is -1.52. The summed E-state index contributed by atoms with van der Waals surface area (Å²) in [4.78, 5) is 21.4. The molecule has 0 aromatic rings. The fourth-order valence-corrected chi connectivity index (χ4v) is 0.608. The van der Waals surface area contributed by atoms with Crippen LogP contribution in [0.2, 0.25) is 0 Å². The van der Waals surface area contributed by atoms with Crippen molar-refractivity contribution in [1.82, 2.24) is 10.6 Å². The molecule has 0 fully saturated rings. The number of hydrogen-bond donors (Lipinski definition) is 2. The number of rotatable bonds is 5. The number of hydrogen-bond acceptors (Lipinski definition) is 3. The molecule has 0 spiro atoms. The van der Waals surface area contributed by atoms with Gasteiger partial charge in [-0.1, -0.05) is 6.08 Å². The van der Waals surface area contributed by atoms with Crippen LogP contribution in [0.1, 0.15) is 6.42 Å². The highest BCUT2D eigenvalue weighted by Crippen LogP contribution is 1.80. The van der Waals surface area contributed by atoms with Crippen LogP contribution in [-0.2, 0) is 9.53 Å². The minimum atomic E-state index is -0.343. The number of esters is 1. The van der Waals surface area contributed by atoms with Crippen molar-refractivity contribution in [3.63, 3.8) is 0 Å². The van der Waals surface area contributed by atoms with E-state index in [9.17, 15) is 9.59 Å². The van der Waals surface area contributed by atoms with E-state index in [1.165, 1.54) is 7.11 Å². The molecule has 0 rings (SSSR count). The molecule has 0 atom stereocenters. The Morgan fingerprint density at radius 2 is 2.15 bits per heavy atom. The van der Waals surface area contributed by atoms with E-state index in [0.29, 0.717) is 6.54 Å². The summed E-state index contributed by atoms with van der Waals surface area (Å²) in [7, 11) is 1.31. The Balaban J connectivity index is 3.36. The van der Waals surface area contributed by atoms with Gasteiger partial charge in [-0.2, -0.15) is 0 Å². The van der Waals surface area contributed by atoms with Crippen molar-refractivity contribution in [1.29, 1.82) is 0 Å². The molecule has 0 saturated heterocycles. The number of amides is 2. The molecule has 0 bridgehead atoms. The lowest BCUT2D eigenvalue weighted by Crippen LogP contribution is -2.36. The van der Waals surface area contributed by atoms with Gasteiger partial charge in [-0.05, 0) is 0 Å². The quantitative estimate of drug-likeness (QED) is 0.470. The molecule has 0 aliphatic carbocycles. The van der Waals surface area contributed by atoms with Crippen LogP contribution in [0.25, 0.3) is 0 Å².